The SMILES string of the molecule is C=CC1(C)CN1. The highest BCUT2D eigenvalue weighted by Gasteiger charge is 2.31. The van der Waals surface area contributed by atoms with Gasteiger partial charge in [0, 0.05) is 12.1 Å². The molecule has 0 aromatic heterocycles. The molecule has 0 saturated carbocycles. The number of hydrogen-bond donors (Lipinski definition) is 1. The first-order valence-electron chi connectivity index (χ1n) is 2.15. The van der Waals surface area contributed by atoms with E-state index in [1.165, 1.54) is 0 Å². The van der Waals surface area contributed by atoms with Crippen LogP contribution in [-0.2, 0) is 0 Å². The maximum atomic E-state index is 3.63. The van der Waals surface area contributed by atoms with Crippen molar-refractivity contribution in [2.75, 3.05) is 6.54 Å². The minimum absolute atomic E-state index is 0.306. The third-order valence-electron chi connectivity index (χ3n) is 1.18. The van der Waals surface area contributed by atoms with Crippen LogP contribution in [0.4, 0.5) is 0 Å². The first-order chi connectivity index (χ1) is 2.77. The van der Waals surface area contributed by atoms with Crippen molar-refractivity contribution < 1.29 is 0 Å². The third kappa shape index (κ3) is 0.455. The summed E-state index contributed by atoms with van der Waals surface area (Å²) >= 11 is 0. The summed E-state index contributed by atoms with van der Waals surface area (Å²) in [5.41, 5.74) is 0.306. The van der Waals surface area contributed by atoms with Gasteiger partial charge in [-0.05, 0) is 6.92 Å². The monoisotopic (exact) mass is 83.1 g/mol. The summed E-state index contributed by atoms with van der Waals surface area (Å²) in [6, 6.07) is 0. The zero-order valence-corrected chi connectivity index (χ0v) is 3.99. The highest BCUT2D eigenvalue weighted by Crippen LogP contribution is 2.14. The van der Waals surface area contributed by atoms with Gasteiger partial charge in [-0.1, -0.05) is 6.08 Å². The lowest BCUT2D eigenvalue weighted by atomic mass is 10.2. The Labute approximate surface area is 38.1 Å². The van der Waals surface area contributed by atoms with Gasteiger partial charge >= 0.3 is 0 Å². The molecule has 0 amide bonds. The van der Waals surface area contributed by atoms with Crippen LogP contribution in [0.1, 0.15) is 6.92 Å². The van der Waals surface area contributed by atoms with E-state index >= 15 is 0 Å². The predicted molar refractivity (Wildman–Crippen MR) is 26.6 cm³/mol. The van der Waals surface area contributed by atoms with Crippen LogP contribution in [0.15, 0.2) is 12.7 Å². The van der Waals surface area contributed by atoms with E-state index in [2.05, 4.69) is 18.8 Å². The quantitative estimate of drug-likeness (QED) is 0.362. The fourth-order valence-corrected chi connectivity index (χ4v) is 0.284. The van der Waals surface area contributed by atoms with Crippen LogP contribution in [0, 0.1) is 0 Å². The minimum atomic E-state index is 0.306. The maximum Gasteiger partial charge on any atom is 0.0460 e. The molecule has 1 atom stereocenters. The second-order valence-corrected chi connectivity index (χ2v) is 1.98. The minimum Gasteiger partial charge on any atom is -0.305 e. The molecule has 1 heterocycles. The van der Waals surface area contributed by atoms with Crippen LogP contribution in [0.2, 0.25) is 0 Å². The van der Waals surface area contributed by atoms with Gasteiger partial charge in [-0.25, -0.2) is 0 Å². The summed E-state index contributed by atoms with van der Waals surface area (Å²) in [6.45, 7) is 6.86. The molecule has 1 aliphatic heterocycles. The van der Waals surface area contributed by atoms with Gasteiger partial charge in [-0.3, -0.25) is 0 Å². The summed E-state index contributed by atoms with van der Waals surface area (Å²) in [4.78, 5) is 0. The van der Waals surface area contributed by atoms with E-state index in [-0.39, 0.29) is 0 Å². The van der Waals surface area contributed by atoms with E-state index in [1.54, 1.807) is 0 Å². The molecule has 0 spiro atoms. The standard InChI is InChI=1S/C5H9N/c1-3-5(2)4-6-5/h3,6H,1,4H2,2H3. The van der Waals surface area contributed by atoms with Gasteiger partial charge in [-0.15, -0.1) is 6.58 Å². The lowest BCUT2D eigenvalue weighted by Crippen LogP contribution is -2.01. The van der Waals surface area contributed by atoms with Crippen molar-refractivity contribution in [1.29, 1.82) is 0 Å². The van der Waals surface area contributed by atoms with Crippen LogP contribution in [0.5, 0.6) is 0 Å². The number of rotatable bonds is 1. The molecule has 1 fully saturated rings. The van der Waals surface area contributed by atoms with Gasteiger partial charge in [0.25, 0.3) is 0 Å². The molecule has 1 unspecified atom stereocenters. The predicted octanol–water partition coefficient (Wildman–Crippen LogP) is 0.534. The molecule has 1 heteroatoms. The van der Waals surface area contributed by atoms with Crippen LogP contribution in [0.25, 0.3) is 0 Å². The average molecular weight is 83.1 g/mol. The van der Waals surface area contributed by atoms with Crippen molar-refractivity contribution in [3.63, 3.8) is 0 Å². The van der Waals surface area contributed by atoms with Crippen LogP contribution >= 0.6 is 0 Å². The Morgan fingerprint density at radius 3 is 2.50 bits per heavy atom. The Kier molecular flexibility index (Phi) is 0.549. The largest absolute Gasteiger partial charge is 0.305 e. The molecule has 0 radical (unpaired) electrons. The molecule has 1 N–H and O–H groups in total. The molecule has 0 aliphatic carbocycles. The molecule has 0 bridgehead atoms. The first kappa shape index (κ1) is 3.88. The molecule has 0 aromatic carbocycles. The molecular formula is C5H9N. The highest BCUT2D eigenvalue weighted by molar-refractivity contribution is 5.12. The molecule has 6 heavy (non-hydrogen) atoms. The van der Waals surface area contributed by atoms with E-state index in [0.29, 0.717) is 5.54 Å². The zero-order valence-electron chi connectivity index (χ0n) is 3.99. The number of nitrogens with one attached hydrogen (secondary N) is 1. The van der Waals surface area contributed by atoms with Gasteiger partial charge < -0.3 is 5.32 Å². The van der Waals surface area contributed by atoms with Crippen molar-refractivity contribution in [1.82, 2.24) is 5.32 Å². The third-order valence-corrected chi connectivity index (χ3v) is 1.18. The van der Waals surface area contributed by atoms with E-state index in [4.69, 9.17) is 0 Å². The fourth-order valence-electron chi connectivity index (χ4n) is 0.284. The molecule has 1 rings (SSSR count). The van der Waals surface area contributed by atoms with Gasteiger partial charge in [0.2, 0.25) is 0 Å². The topological polar surface area (TPSA) is 21.9 Å². The summed E-state index contributed by atoms with van der Waals surface area (Å²) in [5.74, 6) is 0. The van der Waals surface area contributed by atoms with Crippen LogP contribution < -0.4 is 5.32 Å². The Balaban J connectivity index is 2.47. The van der Waals surface area contributed by atoms with E-state index in [1.807, 2.05) is 6.08 Å². The molecule has 0 aromatic rings. The normalized spacial score (nSPS) is 42.2. The van der Waals surface area contributed by atoms with Crippen molar-refractivity contribution >= 4 is 0 Å². The maximum absolute atomic E-state index is 3.63. The van der Waals surface area contributed by atoms with Gasteiger partial charge in [0.05, 0.1) is 0 Å². The van der Waals surface area contributed by atoms with Crippen LogP contribution in [0.3, 0.4) is 0 Å². The summed E-state index contributed by atoms with van der Waals surface area (Å²) in [7, 11) is 0. The van der Waals surface area contributed by atoms with Crippen LogP contribution in [-0.4, -0.2) is 12.1 Å². The van der Waals surface area contributed by atoms with E-state index in [9.17, 15) is 0 Å². The van der Waals surface area contributed by atoms with Gasteiger partial charge in [0.15, 0.2) is 0 Å². The van der Waals surface area contributed by atoms with E-state index in [0.717, 1.165) is 6.54 Å². The summed E-state index contributed by atoms with van der Waals surface area (Å²) in [6.07, 6.45) is 1.94. The Bertz CT molecular complexity index is 72.0. The van der Waals surface area contributed by atoms with Crippen molar-refractivity contribution in [2.45, 2.75) is 12.5 Å². The Morgan fingerprint density at radius 2 is 2.50 bits per heavy atom. The average Bonchev–Trinajstić information content (AvgIpc) is 2.22. The smallest absolute Gasteiger partial charge is 0.0460 e. The molecular weight excluding hydrogens is 74.1 g/mol. The lowest BCUT2D eigenvalue weighted by molar-refractivity contribution is 0.884. The second-order valence-electron chi connectivity index (χ2n) is 1.98. The molecule has 1 saturated heterocycles. The lowest BCUT2D eigenvalue weighted by Gasteiger charge is -1.89. The Morgan fingerprint density at radius 1 is 2.00 bits per heavy atom. The Hall–Kier alpha value is -0.300. The number of hydrogen-bond acceptors (Lipinski definition) is 1. The fraction of sp³-hybridized carbons (Fsp3) is 0.600. The highest BCUT2D eigenvalue weighted by atomic mass is 15.1. The summed E-state index contributed by atoms with van der Waals surface area (Å²) < 4.78 is 0. The molecule has 1 nitrogen and oxygen atoms in total. The molecule has 34 valence electrons. The van der Waals surface area contributed by atoms with Crippen molar-refractivity contribution in [2.24, 2.45) is 0 Å². The van der Waals surface area contributed by atoms with E-state index < -0.39 is 0 Å². The molecule has 1 aliphatic rings. The van der Waals surface area contributed by atoms with Gasteiger partial charge in [0.1, 0.15) is 0 Å². The first-order valence-corrected chi connectivity index (χ1v) is 2.15. The van der Waals surface area contributed by atoms with Crippen molar-refractivity contribution in [3.05, 3.63) is 12.7 Å². The second kappa shape index (κ2) is 0.850. The zero-order chi connectivity index (χ0) is 4.62. The summed E-state index contributed by atoms with van der Waals surface area (Å²) in [5, 5.41) is 3.14. The van der Waals surface area contributed by atoms with Crippen molar-refractivity contribution in [3.8, 4) is 0 Å². The van der Waals surface area contributed by atoms with Gasteiger partial charge in [-0.2, -0.15) is 0 Å².